The zero-order valence-electron chi connectivity index (χ0n) is 13.5. The molecule has 9 heteroatoms. The van der Waals surface area contributed by atoms with Crippen molar-refractivity contribution in [1.82, 2.24) is 4.98 Å². The summed E-state index contributed by atoms with van der Waals surface area (Å²) >= 11 is 0. The smallest absolute Gasteiger partial charge is 0.416 e. The summed E-state index contributed by atoms with van der Waals surface area (Å²) in [6, 6.07) is 0.912. The Morgan fingerprint density at radius 2 is 2.04 bits per heavy atom. The molecular formula is C18H11F4N3O2. The van der Waals surface area contributed by atoms with Crippen LogP contribution in [-0.4, -0.2) is 17.3 Å². The number of aliphatic imine (C=N–C) groups is 1. The van der Waals surface area contributed by atoms with Gasteiger partial charge in [0, 0.05) is 40.9 Å². The summed E-state index contributed by atoms with van der Waals surface area (Å²) in [4.78, 5) is 18.6. The summed E-state index contributed by atoms with van der Waals surface area (Å²) in [5.41, 5.74) is 5.03. The molecule has 1 aromatic heterocycles. The van der Waals surface area contributed by atoms with E-state index in [1.807, 2.05) is 0 Å². The van der Waals surface area contributed by atoms with E-state index in [9.17, 15) is 22.4 Å². The van der Waals surface area contributed by atoms with Crippen LogP contribution in [0.1, 0.15) is 38.7 Å². The van der Waals surface area contributed by atoms with Gasteiger partial charge in [0.15, 0.2) is 12.5 Å². The number of aromatic nitrogens is 1. The maximum absolute atomic E-state index is 14.8. The molecule has 2 heterocycles. The molecule has 1 aromatic carbocycles. The zero-order valence-corrected chi connectivity index (χ0v) is 13.5. The van der Waals surface area contributed by atoms with Crippen LogP contribution in [0.4, 0.5) is 17.6 Å². The maximum atomic E-state index is 14.8. The number of benzene rings is 1. The number of rotatable bonds is 2. The number of nitrogens with zero attached hydrogens (tertiary/aromatic N) is 1. The van der Waals surface area contributed by atoms with E-state index in [0.29, 0.717) is 28.8 Å². The van der Waals surface area contributed by atoms with Gasteiger partial charge >= 0.3 is 6.18 Å². The van der Waals surface area contributed by atoms with Crippen molar-refractivity contribution in [3.63, 3.8) is 0 Å². The molecule has 0 bridgehead atoms. The van der Waals surface area contributed by atoms with E-state index in [1.165, 1.54) is 18.7 Å². The van der Waals surface area contributed by atoms with Gasteiger partial charge in [0.05, 0.1) is 11.1 Å². The Bertz CT molecular complexity index is 1050. The van der Waals surface area contributed by atoms with Crippen LogP contribution in [0, 0.1) is 5.82 Å². The molecule has 0 spiro atoms. The van der Waals surface area contributed by atoms with Crippen molar-refractivity contribution in [1.29, 1.82) is 0 Å². The van der Waals surface area contributed by atoms with Crippen LogP contribution in [-0.2, 0) is 10.9 Å². The van der Waals surface area contributed by atoms with Gasteiger partial charge in [-0.15, -0.1) is 0 Å². The molecular weight excluding hydrogens is 366 g/mol. The number of ether oxygens (including phenoxy) is 1. The van der Waals surface area contributed by atoms with Gasteiger partial charge in [-0.25, -0.2) is 9.38 Å². The lowest BCUT2D eigenvalue weighted by atomic mass is 9.83. The summed E-state index contributed by atoms with van der Waals surface area (Å²) < 4.78 is 59.3. The number of hydrogen-bond donors (Lipinski definition) is 2. The number of nitrogens with one attached hydrogen (secondary N) is 1. The quantitative estimate of drug-likeness (QED) is 0.783. The molecule has 138 valence electrons. The minimum absolute atomic E-state index is 0.217. The SMILES string of the molecule is NC(=O)c1cc(C(F)(F)F)cc(F)c1C1=CC2=CN=COC2c2c[nH]cc21. The molecule has 2 aliphatic rings. The molecule has 1 aliphatic heterocycles. The van der Waals surface area contributed by atoms with Crippen molar-refractivity contribution in [2.24, 2.45) is 10.7 Å². The third-order valence-corrected chi connectivity index (χ3v) is 4.40. The molecule has 0 fully saturated rings. The molecule has 1 atom stereocenters. The summed E-state index contributed by atoms with van der Waals surface area (Å²) in [6.45, 7) is 0. The summed E-state index contributed by atoms with van der Waals surface area (Å²) in [6.07, 6.45) is 2.16. The lowest BCUT2D eigenvalue weighted by molar-refractivity contribution is -0.137. The Morgan fingerprint density at radius 3 is 2.74 bits per heavy atom. The highest BCUT2D eigenvalue weighted by Gasteiger charge is 2.36. The van der Waals surface area contributed by atoms with Crippen LogP contribution in [0.15, 0.2) is 47.4 Å². The molecule has 5 nitrogen and oxygen atoms in total. The topological polar surface area (TPSA) is 80.5 Å². The Hall–Kier alpha value is -3.36. The highest BCUT2D eigenvalue weighted by molar-refractivity contribution is 6.01. The van der Waals surface area contributed by atoms with Gasteiger partial charge in [0.2, 0.25) is 5.91 Å². The second-order valence-electron chi connectivity index (χ2n) is 6.02. The normalized spacial score (nSPS) is 18.1. The van der Waals surface area contributed by atoms with Crippen molar-refractivity contribution >= 4 is 17.9 Å². The second-order valence-corrected chi connectivity index (χ2v) is 6.02. The Morgan fingerprint density at radius 1 is 1.26 bits per heavy atom. The number of nitrogens with two attached hydrogens (primary N) is 1. The summed E-state index contributed by atoms with van der Waals surface area (Å²) in [5.74, 6) is -2.36. The van der Waals surface area contributed by atoms with E-state index in [4.69, 9.17) is 10.5 Å². The number of primary amides is 1. The van der Waals surface area contributed by atoms with Crippen LogP contribution >= 0.6 is 0 Å². The standard InChI is InChI=1S/C18H11F4N3O2/c19-14-3-9(18(20,21)22)2-11(17(23)26)15(14)10-1-8-4-25-7-27-16(8)13-6-24-5-12(10)13/h1-7,16,24H,(H2,23,26). The van der Waals surface area contributed by atoms with Crippen LogP contribution in [0.2, 0.25) is 0 Å². The van der Waals surface area contributed by atoms with Gasteiger partial charge in [0.25, 0.3) is 0 Å². The van der Waals surface area contributed by atoms with Crippen molar-refractivity contribution in [3.05, 3.63) is 76.0 Å². The van der Waals surface area contributed by atoms with Crippen molar-refractivity contribution in [2.75, 3.05) is 0 Å². The predicted molar refractivity (Wildman–Crippen MR) is 88.2 cm³/mol. The fourth-order valence-corrected chi connectivity index (χ4v) is 3.24. The maximum Gasteiger partial charge on any atom is 0.416 e. The fraction of sp³-hybridized carbons (Fsp3) is 0.111. The van der Waals surface area contributed by atoms with Gasteiger partial charge in [-0.1, -0.05) is 0 Å². The number of halogens is 4. The predicted octanol–water partition coefficient (Wildman–Crippen LogP) is 3.70. The summed E-state index contributed by atoms with van der Waals surface area (Å²) in [7, 11) is 0. The van der Waals surface area contributed by atoms with E-state index >= 15 is 0 Å². The molecule has 0 saturated carbocycles. The first-order chi connectivity index (χ1) is 12.8. The molecule has 0 radical (unpaired) electrons. The Kier molecular flexibility index (Phi) is 3.69. The Labute approximate surface area is 149 Å². The molecule has 2 aromatic rings. The molecule has 1 aliphatic carbocycles. The van der Waals surface area contributed by atoms with Gasteiger partial charge in [-0.2, -0.15) is 13.2 Å². The highest BCUT2D eigenvalue weighted by Crippen LogP contribution is 2.44. The first-order valence-corrected chi connectivity index (χ1v) is 7.74. The second kappa shape index (κ2) is 5.83. The number of fused-ring (bicyclic) bond motifs is 3. The molecule has 1 unspecified atom stereocenters. The van der Waals surface area contributed by atoms with Gasteiger partial charge in [0.1, 0.15) is 5.82 Å². The molecule has 27 heavy (non-hydrogen) atoms. The fourth-order valence-electron chi connectivity index (χ4n) is 3.24. The Balaban J connectivity index is 1.98. The monoisotopic (exact) mass is 377 g/mol. The number of H-pyrrole nitrogens is 1. The van der Waals surface area contributed by atoms with Crippen LogP contribution in [0.5, 0.6) is 0 Å². The average molecular weight is 377 g/mol. The number of carbonyl (C=O) groups is 1. The van der Waals surface area contributed by atoms with Gasteiger partial charge in [-0.3, -0.25) is 4.79 Å². The zero-order chi connectivity index (χ0) is 19.3. The van der Waals surface area contributed by atoms with E-state index in [-0.39, 0.29) is 11.1 Å². The van der Waals surface area contributed by atoms with E-state index < -0.39 is 35.1 Å². The number of carbonyl (C=O) groups excluding carboxylic acids is 1. The van der Waals surface area contributed by atoms with Gasteiger partial charge < -0.3 is 15.5 Å². The van der Waals surface area contributed by atoms with E-state index in [2.05, 4.69) is 9.98 Å². The minimum atomic E-state index is -4.82. The third-order valence-electron chi connectivity index (χ3n) is 4.40. The molecule has 1 amide bonds. The van der Waals surface area contributed by atoms with Crippen molar-refractivity contribution in [3.8, 4) is 0 Å². The van der Waals surface area contributed by atoms with Crippen molar-refractivity contribution in [2.45, 2.75) is 12.3 Å². The molecule has 0 saturated heterocycles. The van der Waals surface area contributed by atoms with E-state index in [0.717, 1.165) is 0 Å². The van der Waals surface area contributed by atoms with Crippen LogP contribution < -0.4 is 5.73 Å². The van der Waals surface area contributed by atoms with Gasteiger partial charge in [-0.05, 0) is 23.8 Å². The number of alkyl halides is 3. The number of amides is 1. The molecule has 3 N–H and O–H groups in total. The number of aromatic amines is 1. The highest BCUT2D eigenvalue weighted by atomic mass is 19.4. The largest absolute Gasteiger partial charge is 0.470 e. The summed E-state index contributed by atoms with van der Waals surface area (Å²) in [5, 5.41) is 0. The minimum Gasteiger partial charge on any atom is -0.470 e. The average Bonchev–Trinajstić information content (AvgIpc) is 3.09. The van der Waals surface area contributed by atoms with E-state index in [1.54, 1.807) is 12.4 Å². The van der Waals surface area contributed by atoms with Crippen molar-refractivity contribution < 1.29 is 27.1 Å². The van der Waals surface area contributed by atoms with Crippen LogP contribution in [0.3, 0.4) is 0 Å². The number of hydrogen-bond acceptors (Lipinski definition) is 3. The lowest BCUT2D eigenvalue weighted by Gasteiger charge is -2.27. The molecule has 4 rings (SSSR count). The lowest BCUT2D eigenvalue weighted by Crippen LogP contribution is -2.20. The van der Waals surface area contributed by atoms with Crippen LogP contribution in [0.25, 0.3) is 5.57 Å². The third kappa shape index (κ3) is 2.71. The first kappa shape index (κ1) is 17.1. The first-order valence-electron chi connectivity index (χ1n) is 7.74.